The molecule has 0 aliphatic carbocycles. The minimum Gasteiger partial charge on any atom is -0.485 e. The Morgan fingerprint density at radius 2 is 1.97 bits per heavy atom. The summed E-state index contributed by atoms with van der Waals surface area (Å²) >= 11 is 2.82. The van der Waals surface area contributed by atoms with E-state index in [1.165, 1.54) is 35.2 Å². The number of rotatable bonds is 7. The van der Waals surface area contributed by atoms with Gasteiger partial charge in [-0.25, -0.2) is 4.39 Å². The van der Waals surface area contributed by atoms with Crippen molar-refractivity contribution in [2.75, 3.05) is 12.4 Å². The van der Waals surface area contributed by atoms with E-state index >= 15 is 0 Å². The second-order valence-electron chi connectivity index (χ2n) is 7.62. The average Bonchev–Trinajstić information content (AvgIpc) is 3.52. The number of nitrogens with one attached hydrogen (secondary N) is 1. The van der Waals surface area contributed by atoms with Crippen LogP contribution in [0.4, 0.5) is 4.39 Å². The second kappa shape index (κ2) is 9.86. The molecular weight excluding hydrogens is 475 g/mol. The fourth-order valence-electron chi connectivity index (χ4n) is 3.64. The number of thioether (sulfide) groups is 1. The maximum Gasteiger partial charge on any atom is 0.231 e. The van der Waals surface area contributed by atoms with Crippen molar-refractivity contribution in [1.29, 1.82) is 0 Å². The molecule has 0 saturated heterocycles. The van der Waals surface area contributed by atoms with Crippen LogP contribution in [0.15, 0.2) is 71.2 Å². The van der Waals surface area contributed by atoms with E-state index in [1.807, 2.05) is 53.4 Å². The quantitative estimate of drug-likeness (QED) is 0.379. The number of carbonyl (C=O) groups is 1. The molecule has 0 spiro atoms. The summed E-state index contributed by atoms with van der Waals surface area (Å²) in [6, 6.07) is 17.2. The van der Waals surface area contributed by atoms with Crippen LogP contribution in [0.3, 0.4) is 0 Å². The SMILES string of the molecule is Cn1c(SCC(=O)NC(c2ccc(F)cc2)c2cccs2)nnc1C1COc2ccccc2O1. The summed E-state index contributed by atoms with van der Waals surface area (Å²) in [5.74, 6) is 1.66. The van der Waals surface area contributed by atoms with E-state index in [2.05, 4.69) is 15.5 Å². The van der Waals surface area contributed by atoms with E-state index in [0.717, 1.165) is 10.4 Å². The van der Waals surface area contributed by atoms with Crippen LogP contribution in [0, 0.1) is 5.82 Å². The molecule has 1 amide bonds. The number of carbonyl (C=O) groups excluding carboxylic acids is 1. The van der Waals surface area contributed by atoms with Gasteiger partial charge in [-0.2, -0.15) is 0 Å². The molecule has 0 saturated carbocycles. The Labute approximate surface area is 203 Å². The zero-order chi connectivity index (χ0) is 23.5. The van der Waals surface area contributed by atoms with Crippen molar-refractivity contribution in [3.63, 3.8) is 0 Å². The predicted molar refractivity (Wildman–Crippen MR) is 128 cm³/mol. The van der Waals surface area contributed by atoms with Crippen molar-refractivity contribution >= 4 is 29.0 Å². The van der Waals surface area contributed by atoms with Gasteiger partial charge >= 0.3 is 0 Å². The molecule has 1 aliphatic rings. The third-order valence-corrected chi connectivity index (χ3v) is 7.29. The Balaban J connectivity index is 1.24. The monoisotopic (exact) mass is 496 g/mol. The summed E-state index contributed by atoms with van der Waals surface area (Å²) in [6.07, 6.45) is -0.391. The standard InChI is InChI=1S/C24H21FN4O3S2/c1-29-23(19-13-31-17-5-2-3-6-18(17)32-19)27-28-24(29)34-14-21(30)26-22(20-7-4-12-33-20)15-8-10-16(25)11-9-15/h2-12,19,22H,13-14H2,1H3,(H,26,30). The number of hydrogen-bond donors (Lipinski definition) is 1. The van der Waals surface area contributed by atoms with Crippen LogP contribution < -0.4 is 14.8 Å². The third kappa shape index (κ3) is 4.78. The zero-order valence-electron chi connectivity index (χ0n) is 18.2. The van der Waals surface area contributed by atoms with Crippen LogP contribution >= 0.6 is 23.1 Å². The first-order valence-corrected chi connectivity index (χ1v) is 12.4. The topological polar surface area (TPSA) is 78.3 Å². The van der Waals surface area contributed by atoms with Crippen LogP contribution in [-0.2, 0) is 11.8 Å². The highest BCUT2D eigenvalue weighted by Gasteiger charge is 2.28. The first-order chi connectivity index (χ1) is 16.6. The number of hydrogen-bond acceptors (Lipinski definition) is 7. The molecule has 2 atom stereocenters. The van der Waals surface area contributed by atoms with E-state index in [4.69, 9.17) is 9.47 Å². The zero-order valence-corrected chi connectivity index (χ0v) is 19.8. The first-order valence-electron chi connectivity index (χ1n) is 10.6. The molecule has 3 heterocycles. The van der Waals surface area contributed by atoms with Crippen LogP contribution in [0.5, 0.6) is 11.5 Å². The number of amides is 1. The highest BCUT2D eigenvalue weighted by atomic mass is 32.2. The number of thiophene rings is 1. The molecule has 0 fully saturated rings. The van der Waals surface area contributed by atoms with Gasteiger partial charge in [0.2, 0.25) is 5.91 Å². The summed E-state index contributed by atoms with van der Waals surface area (Å²) < 4.78 is 27.0. The van der Waals surface area contributed by atoms with E-state index < -0.39 is 6.10 Å². The van der Waals surface area contributed by atoms with Gasteiger partial charge in [0, 0.05) is 11.9 Å². The molecule has 34 heavy (non-hydrogen) atoms. The summed E-state index contributed by atoms with van der Waals surface area (Å²) in [6.45, 7) is 0.328. The van der Waals surface area contributed by atoms with Crippen molar-refractivity contribution < 1.29 is 18.7 Å². The van der Waals surface area contributed by atoms with E-state index in [0.29, 0.717) is 29.1 Å². The lowest BCUT2D eigenvalue weighted by molar-refractivity contribution is -0.119. The lowest BCUT2D eigenvalue weighted by atomic mass is 10.1. The van der Waals surface area contributed by atoms with Crippen LogP contribution in [0.25, 0.3) is 0 Å². The van der Waals surface area contributed by atoms with Gasteiger partial charge in [-0.1, -0.05) is 42.1 Å². The Bertz CT molecular complexity index is 1280. The normalized spacial score (nSPS) is 15.6. The molecule has 2 aromatic heterocycles. The minimum atomic E-state index is -0.391. The highest BCUT2D eigenvalue weighted by Crippen LogP contribution is 2.36. The molecule has 2 aromatic carbocycles. The molecule has 7 nitrogen and oxygen atoms in total. The van der Waals surface area contributed by atoms with Gasteiger partial charge in [-0.3, -0.25) is 4.79 Å². The number of para-hydroxylation sites is 2. The van der Waals surface area contributed by atoms with Crippen LogP contribution in [0.2, 0.25) is 0 Å². The van der Waals surface area contributed by atoms with Crippen molar-refractivity contribution in [1.82, 2.24) is 20.1 Å². The maximum absolute atomic E-state index is 13.4. The lowest BCUT2D eigenvalue weighted by Crippen LogP contribution is -2.30. The lowest BCUT2D eigenvalue weighted by Gasteiger charge is -2.25. The number of fused-ring (bicyclic) bond motifs is 1. The van der Waals surface area contributed by atoms with E-state index in [1.54, 1.807) is 12.1 Å². The fourth-order valence-corrected chi connectivity index (χ4v) is 5.17. The van der Waals surface area contributed by atoms with Crippen molar-refractivity contribution in [2.24, 2.45) is 7.05 Å². The van der Waals surface area contributed by atoms with Gasteiger partial charge in [0.1, 0.15) is 12.4 Å². The molecule has 0 radical (unpaired) electrons. The Morgan fingerprint density at radius 1 is 1.18 bits per heavy atom. The van der Waals surface area contributed by atoms with Gasteiger partial charge in [0.15, 0.2) is 28.6 Å². The molecule has 0 bridgehead atoms. The van der Waals surface area contributed by atoms with E-state index in [-0.39, 0.29) is 23.5 Å². The Morgan fingerprint density at radius 3 is 2.74 bits per heavy atom. The van der Waals surface area contributed by atoms with E-state index in [9.17, 15) is 9.18 Å². The number of aromatic nitrogens is 3. The largest absolute Gasteiger partial charge is 0.485 e. The summed E-state index contributed by atoms with van der Waals surface area (Å²) in [5, 5.41) is 14.1. The summed E-state index contributed by atoms with van der Waals surface area (Å²) in [7, 11) is 1.84. The molecule has 1 N–H and O–H groups in total. The predicted octanol–water partition coefficient (Wildman–Crippen LogP) is 4.53. The van der Waals surface area contributed by atoms with Crippen LogP contribution in [-0.4, -0.2) is 33.0 Å². The van der Waals surface area contributed by atoms with Crippen LogP contribution in [0.1, 0.15) is 28.4 Å². The highest BCUT2D eigenvalue weighted by molar-refractivity contribution is 7.99. The Hall–Kier alpha value is -3.37. The first kappa shape index (κ1) is 22.4. The summed E-state index contributed by atoms with van der Waals surface area (Å²) in [5.41, 5.74) is 0.817. The van der Waals surface area contributed by atoms with Gasteiger partial charge in [0.25, 0.3) is 0 Å². The van der Waals surface area contributed by atoms with Crippen molar-refractivity contribution in [3.8, 4) is 11.5 Å². The number of nitrogens with zero attached hydrogens (tertiary/aromatic N) is 3. The smallest absolute Gasteiger partial charge is 0.231 e. The molecular formula is C24H21FN4O3S2. The summed E-state index contributed by atoms with van der Waals surface area (Å²) in [4.78, 5) is 13.8. The molecule has 4 aromatic rings. The number of benzene rings is 2. The van der Waals surface area contributed by atoms with Gasteiger partial charge in [-0.15, -0.1) is 21.5 Å². The van der Waals surface area contributed by atoms with Gasteiger partial charge in [-0.05, 0) is 41.3 Å². The number of halogens is 1. The van der Waals surface area contributed by atoms with Gasteiger partial charge < -0.3 is 19.4 Å². The average molecular weight is 497 g/mol. The van der Waals surface area contributed by atoms with Gasteiger partial charge in [0.05, 0.1) is 11.8 Å². The molecule has 2 unspecified atom stereocenters. The molecule has 174 valence electrons. The number of ether oxygens (including phenoxy) is 2. The minimum absolute atomic E-state index is 0.153. The molecule has 10 heteroatoms. The second-order valence-corrected chi connectivity index (χ2v) is 9.54. The molecule has 5 rings (SSSR count). The molecule has 1 aliphatic heterocycles. The third-order valence-electron chi connectivity index (χ3n) is 5.33. The maximum atomic E-state index is 13.4. The van der Waals surface area contributed by atoms with Crippen molar-refractivity contribution in [3.05, 3.63) is 88.1 Å². The van der Waals surface area contributed by atoms with Crippen molar-refractivity contribution in [2.45, 2.75) is 17.3 Å². The fraction of sp³-hybridized carbons (Fsp3) is 0.208. The Kier molecular flexibility index (Phi) is 6.50.